The predicted octanol–water partition coefficient (Wildman–Crippen LogP) is 4.40. The predicted molar refractivity (Wildman–Crippen MR) is 126 cm³/mol. The lowest BCUT2D eigenvalue weighted by atomic mass is 10.1. The zero-order chi connectivity index (χ0) is 23.1. The summed E-state index contributed by atoms with van der Waals surface area (Å²) >= 11 is 0. The van der Waals surface area contributed by atoms with Gasteiger partial charge in [-0.15, -0.1) is 0 Å². The topological polar surface area (TPSA) is 75.7 Å². The number of para-hydroxylation sites is 1. The van der Waals surface area contributed by atoms with E-state index in [0.717, 1.165) is 23.1 Å². The molecule has 0 aromatic heterocycles. The molecule has 1 amide bonds. The molecule has 0 atom stereocenters. The van der Waals surface area contributed by atoms with Crippen molar-refractivity contribution < 1.29 is 17.9 Å². The lowest BCUT2D eigenvalue weighted by Gasteiger charge is -2.23. The van der Waals surface area contributed by atoms with Crippen molar-refractivity contribution in [2.24, 2.45) is 0 Å². The van der Waals surface area contributed by atoms with Crippen LogP contribution < -0.4 is 10.1 Å². The van der Waals surface area contributed by atoms with Gasteiger partial charge in [0.05, 0.1) is 13.7 Å². The van der Waals surface area contributed by atoms with Gasteiger partial charge >= 0.3 is 0 Å². The second kappa shape index (κ2) is 10.4. The molecule has 0 saturated heterocycles. The van der Waals surface area contributed by atoms with E-state index in [-0.39, 0.29) is 23.7 Å². The maximum Gasteiger partial charge on any atom is 0.247 e. The number of anilines is 1. The number of nitrogens with zero attached hydrogens (tertiary/aromatic N) is 1. The van der Waals surface area contributed by atoms with Crippen LogP contribution in [-0.2, 0) is 27.8 Å². The number of aryl methyl sites for hydroxylation is 2. The van der Waals surface area contributed by atoms with E-state index in [1.165, 1.54) is 11.4 Å². The van der Waals surface area contributed by atoms with Gasteiger partial charge in [-0.1, -0.05) is 61.5 Å². The van der Waals surface area contributed by atoms with Crippen molar-refractivity contribution in [3.63, 3.8) is 0 Å². The molecule has 3 aromatic carbocycles. The molecule has 0 radical (unpaired) electrons. The van der Waals surface area contributed by atoms with E-state index in [9.17, 15) is 13.2 Å². The van der Waals surface area contributed by atoms with Gasteiger partial charge in [0.2, 0.25) is 15.9 Å². The second-order valence-corrected chi connectivity index (χ2v) is 9.38. The molecule has 0 saturated carbocycles. The van der Waals surface area contributed by atoms with Crippen LogP contribution in [0.2, 0.25) is 0 Å². The van der Waals surface area contributed by atoms with Gasteiger partial charge in [0.25, 0.3) is 0 Å². The standard InChI is InChI=1S/C25H28N2O4S/c1-4-21-12-8-9-13-22(21)26-25(28)18-27(17-20-10-6-5-7-11-20)32(29,30)24-16-19(2)14-15-23(24)31-3/h5-16H,4,17-18H2,1-3H3,(H,26,28). The number of nitrogens with one attached hydrogen (secondary N) is 1. The first-order valence-electron chi connectivity index (χ1n) is 10.4. The molecular formula is C25H28N2O4S. The fraction of sp³-hybridized carbons (Fsp3) is 0.240. The van der Waals surface area contributed by atoms with Crippen LogP contribution in [0.1, 0.15) is 23.6 Å². The van der Waals surface area contributed by atoms with Crippen LogP contribution in [0.5, 0.6) is 5.75 Å². The van der Waals surface area contributed by atoms with Crippen LogP contribution in [0, 0.1) is 6.92 Å². The monoisotopic (exact) mass is 452 g/mol. The van der Waals surface area contributed by atoms with E-state index in [0.29, 0.717) is 5.69 Å². The van der Waals surface area contributed by atoms with Crippen molar-refractivity contribution in [3.8, 4) is 5.75 Å². The first-order chi connectivity index (χ1) is 15.3. The van der Waals surface area contributed by atoms with Crippen molar-refractivity contribution in [2.75, 3.05) is 19.0 Å². The SMILES string of the molecule is CCc1ccccc1NC(=O)CN(Cc1ccccc1)S(=O)(=O)c1cc(C)ccc1OC. The molecule has 7 heteroatoms. The maximum absolute atomic E-state index is 13.6. The Labute approximate surface area is 189 Å². The number of amides is 1. The lowest BCUT2D eigenvalue weighted by Crippen LogP contribution is -2.37. The molecule has 0 spiro atoms. The molecule has 0 aliphatic heterocycles. The van der Waals surface area contributed by atoms with E-state index < -0.39 is 15.9 Å². The summed E-state index contributed by atoms with van der Waals surface area (Å²) < 4.78 is 33.8. The van der Waals surface area contributed by atoms with E-state index >= 15 is 0 Å². The summed E-state index contributed by atoms with van der Waals surface area (Å²) in [4.78, 5) is 13.0. The largest absolute Gasteiger partial charge is 0.495 e. The van der Waals surface area contributed by atoms with Crippen molar-refractivity contribution in [3.05, 3.63) is 89.5 Å². The fourth-order valence-corrected chi connectivity index (χ4v) is 5.06. The van der Waals surface area contributed by atoms with Crippen LogP contribution in [0.3, 0.4) is 0 Å². The molecule has 3 aromatic rings. The Kier molecular flexibility index (Phi) is 7.66. The summed E-state index contributed by atoms with van der Waals surface area (Å²) in [5, 5.41) is 2.86. The number of sulfonamides is 1. The highest BCUT2D eigenvalue weighted by Crippen LogP contribution is 2.29. The van der Waals surface area contributed by atoms with Crippen molar-refractivity contribution in [2.45, 2.75) is 31.7 Å². The number of carbonyl (C=O) groups excluding carboxylic acids is 1. The van der Waals surface area contributed by atoms with Gasteiger partial charge in [-0.05, 0) is 48.2 Å². The Morgan fingerprint density at radius 1 is 1.00 bits per heavy atom. The Morgan fingerprint density at radius 2 is 1.69 bits per heavy atom. The number of methoxy groups -OCH3 is 1. The normalized spacial score (nSPS) is 11.4. The van der Waals surface area contributed by atoms with Gasteiger partial charge in [0.1, 0.15) is 10.6 Å². The molecule has 3 rings (SSSR count). The van der Waals surface area contributed by atoms with E-state index in [2.05, 4.69) is 5.32 Å². The van der Waals surface area contributed by atoms with Gasteiger partial charge in [-0.2, -0.15) is 4.31 Å². The van der Waals surface area contributed by atoms with E-state index in [1.54, 1.807) is 18.2 Å². The molecule has 0 aliphatic carbocycles. The molecule has 168 valence electrons. The van der Waals surface area contributed by atoms with Gasteiger partial charge < -0.3 is 10.1 Å². The molecule has 0 fully saturated rings. The van der Waals surface area contributed by atoms with Crippen LogP contribution in [0.15, 0.2) is 77.7 Å². The molecule has 0 heterocycles. The molecule has 32 heavy (non-hydrogen) atoms. The van der Waals surface area contributed by atoms with Crippen molar-refractivity contribution in [1.82, 2.24) is 4.31 Å². The minimum absolute atomic E-state index is 0.0395. The Hall–Kier alpha value is -3.16. The summed E-state index contributed by atoms with van der Waals surface area (Å²) in [5.74, 6) is -0.164. The Balaban J connectivity index is 1.95. The summed E-state index contributed by atoms with van der Waals surface area (Å²) in [6.07, 6.45) is 0.753. The zero-order valence-corrected chi connectivity index (χ0v) is 19.4. The van der Waals surface area contributed by atoms with Gasteiger partial charge in [0.15, 0.2) is 0 Å². The number of hydrogen-bond acceptors (Lipinski definition) is 4. The van der Waals surface area contributed by atoms with Gasteiger partial charge in [-0.25, -0.2) is 8.42 Å². The number of hydrogen-bond donors (Lipinski definition) is 1. The highest BCUT2D eigenvalue weighted by atomic mass is 32.2. The zero-order valence-electron chi connectivity index (χ0n) is 18.5. The van der Waals surface area contributed by atoms with Crippen molar-refractivity contribution >= 4 is 21.6 Å². The average Bonchev–Trinajstić information content (AvgIpc) is 2.79. The summed E-state index contributed by atoms with van der Waals surface area (Å²) in [6, 6.07) is 21.7. The van der Waals surface area contributed by atoms with Gasteiger partial charge in [-0.3, -0.25) is 4.79 Å². The minimum Gasteiger partial charge on any atom is -0.495 e. The third-order valence-corrected chi connectivity index (χ3v) is 6.94. The first kappa shape index (κ1) is 23.5. The highest BCUT2D eigenvalue weighted by Gasteiger charge is 2.30. The first-order valence-corrected chi connectivity index (χ1v) is 11.9. The fourth-order valence-electron chi connectivity index (χ4n) is 3.44. The third-order valence-electron chi connectivity index (χ3n) is 5.13. The molecular weight excluding hydrogens is 424 g/mol. The smallest absolute Gasteiger partial charge is 0.247 e. The average molecular weight is 453 g/mol. The lowest BCUT2D eigenvalue weighted by molar-refractivity contribution is -0.116. The number of rotatable bonds is 9. The van der Waals surface area contributed by atoms with Gasteiger partial charge in [0, 0.05) is 12.2 Å². The summed E-state index contributed by atoms with van der Waals surface area (Å²) in [5.41, 5.74) is 3.23. The quantitative estimate of drug-likeness (QED) is 0.522. The molecule has 6 nitrogen and oxygen atoms in total. The van der Waals surface area contributed by atoms with E-state index in [1.807, 2.05) is 68.4 Å². The van der Waals surface area contributed by atoms with Crippen molar-refractivity contribution in [1.29, 1.82) is 0 Å². The second-order valence-electron chi connectivity index (χ2n) is 7.47. The van der Waals surface area contributed by atoms with Crippen LogP contribution >= 0.6 is 0 Å². The summed E-state index contributed by atoms with van der Waals surface area (Å²) in [6.45, 7) is 3.55. The van der Waals surface area contributed by atoms with Crippen LogP contribution in [-0.4, -0.2) is 32.3 Å². The van der Waals surface area contributed by atoms with Crippen LogP contribution in [0.25, 0.3) is 0 Å². The maximum atomic E-state index is 13.6. The molecule has 0 unspecified atom stereocenters. The number of ether oxygens (including phenoxy) is 1. The van der Waals surface area contributed by atoms with Crippen LogP contribution in [0.4, 0.5) is 5.69 Å². The Bertz CT molecular complexity index is 1180. The molecule has 0 bridgehead atoms. The number of carbonyl (C=O) groups is 1. The molecule has 1 N–H and O–H groups in total. The van der Waals surface area contributed by atoms with E-state index in [4.69, 9.17) is 4.74 Å². The molecule has 0 aliphatic rings. The number of benzene rings is 3. The minimum atomic E-state index is -4.02. The summed E-state index contributed by atoms with van der Waals surface area (Å²) in [7, 11) is -2.59. The third kappa shape index (κ3) is 5.55. The highest BCUT2D eigenvalue weighted by molar-refractivity contribution is 7.89. The Morgan fingerprint density at radius 3 is 2.38 bits per heavy atom.